The number of nitrogens with one attached hydrogen (secondary N) is 1. The quantitative estimate of drug-likeness (QED) is 0.626. The number of hydrogen-bond acceptors (Lipinski definition) is 6. The topological polar surface area (TPSA) is 119 Å². The Hall–Kier alpha value is -3.20. The molecule has 2 aromatic rings. The van der Waals surface area contributed by atoms with E-state index < -0.39 is 17.0 Å². The van der Waals surface area contributed by atoms with E-state index in [9.17, 15) is 19.2 Å². The molecule has 0 bridgehead atoms. The van der Waals surface area contributed by atoms with Gasteiger partial charge >= 0.3 is 5.69 Å². The molecule has 1 aliphatic carbocycles. The van der Waals surface area contributed by atoms with Crippen molar-refractivity contribution in [2.24, 2.45) is 14.1 Å². The molecule has 1 heterocycles. The fourth-order valence-electron chi connectivity index (χ4n) is 3.28. The second kappa shape index (κ2) is 8.04. The number of Topliss-reactive ketones (excluding diaryl/α,β-unsaturated/α-hetero) is 1. The summed E-state index contributed by atoms with van der Waals surface area (Å²) in [5.74, 6) is -0.687. The number of carbonyl (C=O) groups excluding carboxylic acids is 2. The van der Waals surface area contributed by atoms with Crippen LogP contribution in [-0.2, 0) is 20.6 Å². The molecular weight excluding hydrogens is 374 g/mol. The van der Waals surface area contributed by atoms with Gasteiger partial charge in [0.1, 0.15) is 11.4 Å². The lowest BCUT2D eigenvalue weighted by Gasteiger charge is -2.22. The number of nitrogen functional groups attached to an aromatic ring is 1. The van der Waals surface area contributed by atoms with Crippen LogP contribution in [0.5, 0.6) is 0 Å². The summed E-state index contributed by atoms with van der Waals surface area (Å²) in [6, 6.07) is 7.44. The summed E-state index contributed by atoms with van der Waals surface area (Å²) in [7, 11) is 4.33. The molecule has 29 heavy (non-hydrogen) atoms. The van der Waals surface area contributed by atoms with Gasteiger partial charge in [0.2, 0.25) is 0 Å². The number of rotatable bonds is 7. The van der Waals surface area contributed by atoms with Crippen molar-refractivity contribution in [3.8, 4) is 0 Å². The van der Waals surface area contributed by atoms with Crippen LogP contribution in [0, 0.1) is 0 Å². The van der Waals surface area contributed by atoms with Crippen molar-refractivity contribution >= 4 is 17.5 Å². The molecule has 9 heteroatoms. The Labute approximate surface area is 167 Å². The maximum atomic E-state index is 12.9. The van der Waals surface area contributed by atoms with E-state index in [4.69, 9.17) is 5.73 Å². The monoisotopic (exact) mass is 399 g/mol. The number of amides is 1. The van der Waals surface area contributed by atoms with Crippen molar-refractivity contribution in [2.45, 2.75) is 25.4 Å². The summed E-state index contributed by atoms with van der Waals surface area (Å²) >= 11 is 0. The Morgan fingerprint density at radius 1 is 1.14 bits per heavy atom. The van der Waals surface area contributed by atoms with E-state index in [2.05, 4.69) is 5.32 Å². The van der Waals surface area contributed by atoms with Crippen molar-refractivity contribution in [1.29, 1.82) is 0 Å². The Kier molecular flexibility index (Phi) is 5.69. The third-order valence-corrected chi connectivity index (χ3v) is 5.23. The Balaban J connectivity index is 1.82. The van der Waals surface area contributed by atoms with Gasteiger partial charge in [0.05, 0.1) is 6.54 Å². The summed E-state index contributed by atoms with van der Waals surface area (Å²) in [4.78, 5) is 51.0. The number of hydrogen-bond donors (Lipinski definition) is 2. The second-order valence-corrected chi connectivity index (χ2v) is 7.30. The van der Waals surface area contributed by atoms with Crippen LogP contribution in [-0.4, -0.2) is 45.4 Å². The molecule has 1 aliphatic rings. The minimum Gasteiger partial charge on any atom is -0.384 e. The van der Waals surface area contributed by atoms with Gasteiger partial charge in [-0.1, -0.05) is 12.1 Å². The zero-order valence-electron chi connectivity index (χ0n) is 16.8. The molecule has 0 radical (unpaired) electrons. The number of nitrogens with zero attached hydrogens (tertiary/aromatic N) is 3. The standard InChI is InChI=1S/C20H25N5O4/c1-22-18(27)13-6-4-12(5-7-13)10-25(14-8-9-14)11-15(26)16-17(21)23(2)20(29)24(3)19(16)28/h4-7,14H,8-11,21H2,1-3H3,(H,22,27). The van der Waals surface area contributed by atoms with Gasteiger partial charge in [-0.05, 0) is 30.5 Å². The largest absolute Gasteiger partial charge is 0.384 e. The summed E-state index contributed by atoms with van der Waals surface area (Å²) in [5, 5.41) is 2.58. The van der Waals surface area contributed by atoms with Gasteiger partial charge < -0.3 is 11.1 Å². The molecule has 9 nitrogen and oxygen atoms in total. The van der Waals surface area contributed by atoms with Gasteiger partial charge in [-0.2, -0.15) is 0 Å². The van der Waals surface area contributed by atoms with Crippen LogP contribution in [0.15, 0.2) is 33.9 Å². The van der Waals surface area contributed by atoms with Crippen molar-refractivity contribution in [2.75, 3.05) is 19.3 Å². The predicted octanol–water partition coefficient (Wildman–Crippen LogP) is -0.127. The van der Waals surface area contributed by atoms with Gasteiger partial charge in [0.25, 0.3) is 11.5 Å². The third-order valence-electron chi connectivity index (χ3n) is 5.23. The van der Waals surface area contributed by atoms with Gasteiger partial charge in [-0.15, -0.1) is 0 Å². The lowest BCUT2D eigenvalue weighted by Crippen LogP contribution is -2.43. The van der Waals surface area contributed by atoms with Crippen LogP contribution in [0.4, 0.5) is 5.82 Å². The molecule has 0 saturated heterocycles. The van der Waals surface area contributed by atoms with Gasteiger partial charge in [-0.25, -0.2) is 4.79 Å². The zero-order chi connectivity index (χ0) is 21.3. The number of benzene rings is 1. The Morgan fingerprint density at radius 2 is 1.76 bits per heavy atom. The number of aromatic nitrogens is 2. The molecule has 1 fully saturated rings. The van der Waals surface area contributed by atoms with Crippen LogP contribution in [0.25, 0.3) is 0 Å². The predicted molar refractivity (Wildman–Crippen MR) is 109 cm³/mol. The fourth-order valence-corrected chi connectivity index (χ4v) is 3.28. The molecule has 0 unspecified atom stereocenters. The van der Waals surface area contributed by atoms with Crippen LogP contribution in [0.3, 0.4) is 0 Å². The molecule has 1 amide bonds. The summed E-state index contributed by atoms with van der Waals surface area (Å²) in [5.41, 5.74) is 6.02. The SMILES string of the molecule is CNC(=O)c1ccc(CN(CC(=O)c2c(N)n(C)c(=O)n(C)c2=O)C2CC2)cc1. The number of carbonyl (C=O) groups is 2. The average Bonchev–Trinajstić information content (AvgIpc) is 3.56. The molecule has 3 N–H and O–H groups in total. The molecule has 1 saturated carbocycles. The van der Waals surface area contributed by atoms with E-state index >= 15 is 0 Å². The smallest absolute Gasteiger partial charge is 0.332 e. The van der Waals surface area contributed by atoms with Crippen molar-refractivity contribution in [3.63, 3.8) is 0 Å². The first-order valence-corrected chi connectivity index (χ1v) is 9.38. The van der Waals surface area contributed by atoms with E-state index in [1.807, 2.05) is 17.0 Å². The van der Waals surface area contributed by atoms with Crippen LogP contribution in [0.1, 0.15) is 39.1 Å². The maximum absolute atomic E-state index is 12.9. The number of ketones is 1. The first-order chi connectivity index (χ1) is 13.7. The Bertz CT molecular complexity index is 1060. The fraction of sp³-hybridized carbons (Fsp3) is 0.400. The normalized spacial score (nSPS) is 13.5. The molecule has 0 atom stereocenters. The highest BCUT2D eigenvalue weighted by atomic mass is 16.2. The van der Waals surface area contributed by atoms with Crippen molar-refractivity contribution < 1.29 is 9.59 Å². The lowest BCUT2D eigenvalue weighted by molar-refractivity contribution is 0.0916. The summed E-state index contributed by atoms with van der Waals surface area (Å²) in [6.07, 6.45) is 1.95. The molecular formula is C20H25N5O4. The first-order valence-electron chi connectivity index (χ1n) is 9.38. The van der Waals surface area contributed by atoms with E-state index in [-0.39, 0.29) is 29.9 Å². The highest BCUT2D eigenvalue weighted by Crippen LogP contribution is 2.28. The van der Waals surface area contributed by atoms with Crippen molar-refractivity contribution in [3.05, 3.63) is 61.8 Å². The van der Waals surface area contributed by atoms with Crippen LogP contribution < -0.4 is 22.3 Å². The van der Waals surface area contributed by atoms with E-state index in [1.165, 1.54) is 14.1 Å². The third kappa shape index (κ3) is 4.14. The van der Waals surface area contributed by atoms with E-state index in [0.717, 1.165) is 27.5 Å². The number of anilines is 1. The molecule has 154 valence electrons. The maximum Gasteiger partial charge on any atom is 0.332 e. The van der Waals surface area contributed by atoms with Crippen LogP contribution >= 0.6 is 0 Å². The highest BCUT2D eigenvalue weighted by Gasteiger charge is 2.32. The molecule has 0 spiro atoms. The van der Waals surface area contributed by atoms with Crippen LogP contribution in [0.2, 0.25) is 0 Å². The summed E-state index contributed by atoms with van der Waals surface area (Å²) in [6.45, 7) is 0.538. The van der Waals surface area contributed by atoms with E-state index in [0.29, 0.717) is 12.1 Å². The molecule has 1 aromatic heterocycles. The van der Waals surface area contributed by atoms with Gasteiger partial charge in [0.15, 0.2) is 5.78 Å². The highest BCUT2D eigenvalue weighted by molar-refractivity contribution is 6.01. The minimum atomic E-state index is -0.679. The summed E-state index contributed by atoms with van der Waals surface area (Å²) < 4.78 is 2.00. The van der Waals surface area contributed by atoms with E-state index in [1.54, 1.807) is 19.2 Å². The molecule has 1 aromatic carbocycles. The molecule has 3 rings (SSSR count). The average molecular weight is 399 g/mol. The van der Waals surface area contributed by atoms with Crippen molar-refractivity contribution in [1.82, 2.24) is 19.4 Å². The second-order valence-electron chi connectivity index (χ2n) is 7.30. The molecule has 0 aliphatic heterocycles. The number of nitrogens with two attached hydrogens (primary N) is 1. The Morgan fingerprint density at radius 3 is 2.31 bits per heavy atom. The lowest BCUT2D eigenvalue weighted by atomic mass is 10.1. The van der Waals surface area contributed by atoms with Gasteiger partial charge in [0, 0.05) is 39.3 Å². The zero-order valence-corrected chi connectivity index (χ0v) is 16.8. The van der Waals surface area contributed by atoms with Gasteiger partial charge in [-0.3, -0.25) is 28.4 Å². The minimum absolute atomic E-state index is 0.0273. The first kappa shape index (κ1) is 20.5.